The molecule has 1 aliphatic carbocycles. The minimum absolute atomic E-state index is 0.00723. The molecule has 7 nitrogen and oxygen atoms in total. The van der Waals surface area contributed by atoms with Crippen LogP contribution in [0.15, 0.2) is 91.0 Å². The third-order valence-electron chi connectivity index (χ3n) is 8.44. The van der Waals surface area contributed by atoms with Crippen molar-refractivity contribution in [3.05, 3.63) is 130 Å². The number of aryl methyl sites for hydroxylation is 1. The van der Waals surface area contributed by atoms with E-state index in [9.17, 15) is 26.8 Å². The number of rotatable bonds is 11. The first-order valence-corrected chi connectivity index (χ1v) is 17.5. The van der Waals surface area contributed by atoms with Gasteiger partial charge in [-0.1, -0.05) is 66.2 Å². The van der Waals surface area contributed by atoms with E-state index >= 15 is 4.39 Å². The molecule has 0 bridgehead atoms. The van der Waals surface area contributed by atoms with E-state index in [0.717, 1.165) is 22.3 Å². The van der Waals surface area contributed by atoms with Gasteiger partial charge in [-0.2, -0.15) is 8.42 Å². The molecule has 0 fully saturated rings. The van der Waals surface area contributed by atoms with Crippen LogP contribution in [-0.4, -0.2) is 43.0 Å². The highest BCUT2D eigenvalue weighted by Crippen LogP contribution is 2.37. The molecular weight excluding hydrogens is 677 g/mol. The molecule has 0 heterocycles. The van der Waals surface area contributed by atoms with Gasteiger partial charge in [0.15, 0.2) is 0 Å². The van der Waals surface area contributed by atoms with Gasteiger partial charge < -0.3 is 10.6 Å². The number of hydrogen-bond donors (Lipinski definition) is 3. The van der Waals surface area contributed by atoms with Crippen molar-refractivity contribution >= 4 is 44.8 Å². The van der Waals surface area contributed by atoms with Crippen molar-refractivity contribution in [1.29, 1.82) is 0 Å². The van der Waals surface area contributed by atoms with Gasteiger partial charge in [0.2, 0.25) is 5.91 Å². The minimum Gasteiger partial charge on any atom is -0.351 e. The lowest BCUT2D eigenvalue weighted by molar-refractivity contribution is -0.117. The number of halogens is 4. The number of hydrogen-bond acceptors (Lipinski definition) is 4. The van der Waals surface area contributed by atoms with Crippen LogP contribution in [0.25, 0.3) is 16.7 Å². The van der Waals surface area contributed by atoms with Gasteiger partial charge in [0, 0.05) is 30.0 Å². The van der Waals surface area contributed by atoms with E-state index in [1.165, 1.54) is 24.3 Å². The number of carbonyl (C=O) groups is 2. The highest BCUT2D eigenvalue weighted by molar-refractivity contribution is 7.85. The second-order valence-corrected chi connectivity index (χ2v) is 14.1. The van der Waals surface area contributed by atoms with Crippen LogP contribution in [0, 0.1) is 12.7 Å². The Balaban J connectivity index is 1.37. The third kappa shape index (κ3) is 9.59. The zero-order valence-corrected chi connectivity index (χ0v) is 28.1. The summed E-state index contributed by atoms with van der Waals surface area (Å²) < 4.78 is 73.6. The summed E-state index contributed by atoms with van der Waals surface area (Å²) in [7, 11) is -4.23. The fourth-order valence-corrected chi connectivity index (χ4v) is 6.31. The number of allylic oxidation sites excluding steroid dienone is 2. The normalized spacial score (nSPS) is 14.9. The number of carbonyl (C=O) groups excluding carboxylic acids is 2. The van der Waals surface area contributed by atoms with E-state index in [1.807, 2.05) is 6.92 Å². The van der Waals surface area contributed by atoms with Crippen LogP contribution in [0.5, 0.6) is 0 Å². The molecular formula is C37H34ClF3N2O5S. The van der Waals surface area contributed by atoms with E-state index in [4.69, 9.17) is 16.2 Å². The van der Waals surface area contributed by atoms with Gasteiger partial charge in [-0.25, -0.2) is 13.2 Å². The quantitative estimate of drug-likeness (QED) is 0.136. The van der Waals surface area contributed by atoms with Crippen LogP contribution in [0.1, 0.15) is 57.8 Å². The Morgan fingerprint density at radius 1 is 0.959 bits per heavy atom. The zero-order chi connectivity index (χ0) is 35.3. The molecule has 3 N–H and O–H groups in total. The summed E-state index contributed by atoms with van der Waals surface area (Å²) in [6, 6.07) is 23.3. The van der Waals surface area contributed by atoms with Gasteiger partial charge in [-0.05, 0) is 95.1 Å². The molecule has 0 saturated carbocycles. The van der Waals surface area contributed by atoms with Gasteiger partial charge >= 0.3 is 0 Å². The number of amides is 2. The molecule has 12 heteroatoms. The van der Waals surface area contributed by atoms with E-state index < -0.39 is 45.3 Å². The molecule has 49 heavy (non-hydrogen) atoms. The standard InChI is InChI=1S/C37H34ClF3N2O5S/c1-23-20-30(38)11-12-31(23)29-10-13-34(33(39)22-29)43-36(45)32(27-8-6-25(7-9-27)26-14-16-37(40,41)17-15-26)21-24-2-4-28(5-3-24)35(44)42-18-19-49(46,47)48/h2-14,20,22,32H,15-19,21H2,1H3,(H,42,44)(H,43,45)(H,46,47,48)/t32-/m1/s1. The summed E-state index contributed by atoms with van der Waals surface area (Å²) in [5.41, 5.74) is 5.41. The molecule has 0 unspecified atom stereocenters. The van der Waals surface area contributed by atoms with E-state index in [-0.39, 0.29) is 43.5 Å². The highest BCUT2D eigenvalue weighted by atomic mass is 35.5. The Bertz CT molecular complexity index is 2000. The Labute approximate surface area is 288 Å². The predicted molar refractivity (Wildman–Crippen MR) is 185 cm³/mol. The van der Waals surface area contributed by atoms with Gasteiger partial charge in [0.25, 0.3) is 21.9 Å². The Morgan fingerprint density at radius 2 is 1.65 bits per heavy atom. The topological polar surface area (TPSA) is 113 Å². The summed E-state index contributed by atoms with van der Waals surface area (Å²) in [6.07, 6.45) is 1.39. The third-order valence-corrected chi connectivity index (χ3v) is 9.39. The zero-order valence-electron chi connectivity index (χ0n) is 26.5. The van der Waals surface area contributed by atoms with Gasteiger partial charge in [0.1, 0.15) is 5.82 Å². The lowest BCUT2D eigenvalue weighted by atomic mass is 9.87. The van der Waals surface area contributed by atoms with Crippen LogP contribution in [0.4, 0.5) is 18.9 Å². The average Bonchev–Trinajstić information content (AvgIpc) is 3.04. The molecule has 1 aliphatic rings. The van der Waals surface area contributed by atoms with E-state index in [0.29, 0.717) is 21.7 Å². The van der Waals surface area contributed by atoms with Crippen molar-refractivity contribution in [3.8, 4) is 11.1 Å². The summed E-state index contributed by atoms with van der Waals surface area (Å²) in [5.74, 6) is -5.79. The fourth-order valence-electron chi connectivity index (χ4n) is 5.73. The van der Waals surface area contributed by atoms with E-state index in [1.54, 1.807) is 66.7 Å². The van der Waals surface area contributed by atoms with Gasteiger partial charge in [-0.3, -0.25) is 14.1 Å². The molecule has 5 rings (SSSR count). The van der Waals surface area contributed by atoms with Crippen molar-refractivity contribution in [2.45, 2.75) is 44.4 Å². The summed E-state index contributed by atoms with van der Waals surface area (Å²) in [4.78, 5) is 26.3. The summed E-state index contributed by atoms with van der Waals surface area (Å²) in [5, 5.41) is 5.70. The Kier molecular flexibility index (Phi) is 11.0. The van der Waals surface area contributed by atoms with Crippen molar-refractivity contribution in [2.75, 3.05) is 17.6 Å². The Hall–Kier alpha value is -4.45. The monoisotopic (exact) mass is 710 g/mol. The van der Waals surface area contributed by atoms with Crippen LogP contribution in [0.2, 0.25) is 5.02 Å². The largest absolute Gasteiger partial charge is 0.351 e. The molecule has 0 aliphatic heterocycles. The van der Waals surface area contributed by atoms with Crippen LogP contribution in [-0.2, 0) is 21.3 Å². The minimum atomic E-state index is -4.23. The molecule has 4 aromatic carbocycles. The smallest absolute Gasteiger partial charge is 0.266 e. The fraction of sp³-hybridized carbons (Fsp3) is 0.243. The summed E-state index contributed by atoms with van der Waals surface area (Å²) in [6.45, 7) is 1.60. The molecule has 0 aromatic heterocycles. The molecule has 2 amide bonds. The second-order valence-electron chi connectivity index (χ2n) is 12.1. The maximum atomic E-state index is 15.4. The number of nitrogens with one attached hydrogen (secondary N) is 2. The second kappa shape index (κ2) is 15.0. The predicted octanol–water partition coefficient (Wildman–Crippen LogP) is 8.24. The molecule has 0 spiro atoms. The SMILES string of the molecule is Cc1cc(Cl)ccc1-c1ccc(NC(=O)[C@H](Cc2ccc(C(=O)NCCS(=O)(=O)O)cc2)c2ccc(C3=CCC(F)(F)CC3)cc2)c(F)c1. The maximum Gasteiger partial charge on any atom is 0.266 e. The molecule has 256 valence electrons. The number of alkyl halides is 2. The first kappa shape index (κ1) is 35.8. The summed E-state index contributed by atoms with van der Waals surface area (Å²) >= 11 is 6.07. The first-order chi connectivity index (χ1) is 23.2. The van der Waals surface area contributed by atoms with Gasteiger partial charge in [0.05, 0.1) is 17.4 Å². The van der Waals surface area contributed by atoms with Crippen molar-refractivity contribution in [1.82, 2.24) is 5.32 Å². The molecule has 4 aromatic rings. The maximum absolute atomic E-state index is 15.4. The number of benzene rings is 4. The lowest BCUT2D eigenvalue weighted by Crippen LogP contribution is -2.28. The van der Waals surface area contributed by atoms with Crippen LogP contribution < -0.4 is 10.6 Å². The lowest BCUT2D eigenvalue weighted by Gasteiger charge is -2.22. The van der Waals surface area contributed by atoms with E-state index in [2.05, 4.69) is 10.6 Å². The highest BCUT2D eigenvalue weighted by Gasteiger charge is 2.31. The van der Waals surface area contributed by atoms with Crippen molar-refractivity contribution in [3.63, 3.8) is 0 Å². The van der Waals surface area contributed by atoms with Gasteiger partial charge in [-0.15, -0.1) is 0 Å². The Morgan fingerprint density at radius 3 is 2.27 bits per heavy atom. The van der Waals surface area contributed by atoms with Crippen LogP contribution in [0.3, 0.4) is 0 Å². The van der Waals surface area contributed by atoms with Crippen molar-refractivity contribution < 1.29 is 35.7 Å². The molecule has 0 radical (unpaired) electrons. The molecule has 1 atom stereocenters. The average molecular weight is 711 g/mol. The number of anilines is 1. The first-order valence-electron chi connectivity index (χ1n) is 15.5. The van der Waals surface area contributed by atoms with Crippen LogP contribution >= 0.6 is 11.6 Å². The molecule has 0 saturated heterocycles. The van der Waals surface area contributed by atoms with Crippen molar-refractivity contribution in [2.24, 2.45) is 0 Å².